The van der Waals surface area contributed by atoms with Crippen molar-refractivity contribution in [1.82, 2.24) is 0 Å². The molecule has 1 atom stereocenters. The van der Waals surface area contributed by atoms with Gasteiger partial charge in [0.25, 0.3) is 10.1 Å². The molecule has 1 fully saturated rings. The first-order valence-electron chi connectivity index (χ1n) is 4.34. The standard InChI is InChI=1S/C9H9ClO4S/c10-7-2-1-3-9(4-7)15(11,12)14-6-8-5-13-8/h1-4,8H,5-6H2/t8-/m0/s1. The summed E-state index contributed by atoms with van der Waals surface area (Å²) in [6.07, 6.45) is -0.0843. The van der Waals surface area contributed by atoms with Crippen molar-refractivity contribution >= 4 is 21.7 Å². The van der Waals surface area contributed by atoms with Crippen molar-refractivity contribution < 1.29 is 17.3 Å². The van der Waals surface area contributed by atoms with E-state index in [0.29, 0.717) is 11.6 Å². The van der Waals surface area contributed by atoms with Crippen LogP contribution >= 0.6 is 11.6 Å². The molecular weight excluding hydrogens is 240 g/mol. The van der Waals surface area contributed by atoms with Gasteiger partial charge in [-0.05, 0) is 18.2 Å². The van der Waals surface area contributed by atoms with Gasteiger partial charge in [-0.2, -0.15) is 8.42 Å². The lowest BCUT2D eigenvalue weighted by atomic mass is 10.4. The van der Waals surface area contributed by atoms with Crippen molar-refractivity contribution in [2.24, 2.45) is 0 Å². The predicted molar refractivity (Wildman–Crippen MR) is 54.3 cm³/mol. The summed E-state index contributed by atoms with van der Waals surface area (Å²) < 4.78 is 32.8. The van der Waals surface area contributed by atoms with Gasteiger partial charge >= 0.3 is 0 Å². The molecular formula is C9H9ClO4S. The molecule has 0 aromatic heterocycles. The smallest absolute Gasteiger partial charge is 0.297 e. The molecule has 15 heavy (non-hydrogen) atoms. The Kier molecular flexibility index (Phi) is 2.97. The number of rotatable bonds is 4. The van der Waals surface area contributed by atoms with Crippen molar-refractivity contribution in [3.63, 3.8) is 0 Å². The molecule has 0 aliphatic carbocycles. The Bertz CT molecular complexity index is 453. The predicted octanol–water partition coefficient (Wildman–Crippen LogP) is 1.44. The summed E-state index contributed by atoms with van der Waals surface area (Å²) in [5.74, 6) is 0. The monoisotopic (exact) mass is 248 g/mol. The van der Waals surface area contributed by atoms with Gasteiger partial charge < -0.3 is 4.74 Å². The molecule has 0 bridgehead atoms. The van der Waals surface area contributed by atoms with Crippen LogP contribution in [-0.2, 0) is 19.0 Å². The summed E-state index contributed by atoms with van der Waals surface area (Å²) in [6, 6.07) is 5.95. The minimum absolute atomic E-state index is 0.0643. The summed E-state index contributed by atoms with van der Waals surface area (Å²) in [6.45, 7) is 0.625. The van der Waals surface area contributed by atoms with Crippen LogP contribution in [0.2, 0.25) is 5.02 Å². The quantitative estimate of drug-likeness (QED) is 0.598. The fourth-order valence-corrected chi connectivity index (χ4v) is 2.26. The maximum absolute atomic E-state index is 11.6. The van der Waals surface area contributed by atoms with Gasteiger partial charge in [0.05, 0.1) is 18.1 Å². The van der Waals surface area contributed by atoms with E-state index in [1.807, 2.05) is 0 Å². The molecule has 1 saturated heterocycles. The maximum atomic E-state index is 11.6. The van der Waals surface area contributed by atoms with Gasteiger partial charge in [-0.1, -0.05) is 17.7 Å². The van der Waals surface area contributed by atoms with Gasteiger partial charge in [0, 0.05) is 5.02 Å². The molecule has 6 heteroatoms. The van der Waals surface area contributed by atoms with E-state index in [0.717, 1.165) is 0 Å². The van der Waals surface area contributed by atoms with Gasteiger partial charge in [0.1, 0.15) is 6.10 Å². The molecule has 1 aliphatic heterocycles. The first-order chi connectivity index (χ1) is 7.08. The van der Waals surface area contributed by atoms with Gasteiger partial charge in [-0.15, -0.1) is 0 Å². The van der Waals surface area contributed by atoms with Crippen LogP contribution in [0.5, 0.6) is 0 Å². The molecule has 0 N–H and O–H groups in total. The fourth-order valence-electron chi connectivity index (χ4n) is 1.02. The maximum Gasteiger partial charge on any atom is 0.297 e. The second-order valence-corrected chi connectivity index (χ2v) is 5.20. The normalized spacial score (nSPS) is 20.2. The lowest BCUT2D eigenvalue weighted by molar-refractivity contribution is 0.266. The van der Waals surface area contributed by atoms with Crippen molar-refractivity contribution in [3.05, 3.63) is 29.3 Å². The lowest BCUT2D eigenvalue weighted by Gasteiger charge is -2.03. The minimum atomic E-state index is -3.70. The second kappa shape index (κ2) is 4.09. The number of benzene rings is 1. The second-order valence-electron chi connectivity index (χ2n) is 3.15. The highest BCUT2D eigenvalue weighted by atomic mass is 35.5. The van der Waals surface area contributed by atoms with E-state index >= 15 is 0 Å². The van der Waals surface area contributed by atoms with Crippen molar-refractivity contribution in [1.29, 1.82) is 0 Å². The molecule has 0 spiro atoms. The highest BCUT2D eigenvalue weighted by Gasteiger charge is 2.26. The van der Waals surface area contributed by atoms with Crippen LogP contribution in [0.1, 0.15) is 0 Å². The largest absolute Gasteiger partial charge is 0.371 e. The minimum Gasteiger partial charge on any atom is -0.371 e. The molecule has 1 heterocycles. The molecule has 0 amide bonds. The number of hydrogen-bond acceptors (Lipinski definition) is 4. The molecule has 4 nitrogen and oxygen atoms in total. The number of hydrogen-bond donors (Lipinski definition) is 0. The SMILES string of the molecule is O=S(=O)(OC[C@@H]1CO1)c1cccc(Cl)c1. The van der Waals surface area contributed by atoms with Gasteiger partial charge in [-0.25, -0.2) is 0 Å². The molecule has 1 aromatic carbocycles. The zero-order valence-corrected chi connectivity index (χ0v) is 9.29. The molecule has 0 saturated carbocycles. The topological polar surface area (TPSA) is 55.9 Å². The molecule has 0 unspecified atom stereocenters. The number of halogens is 1. The Balaban J connectivity index is 2.12. The third-order valence-electron chi connectivity index (χ3n) is 1.90. The molecule has 0 radical (unpaired) electrons. The fraction of sp³-hybridized carbons (Fsp3) is 0.333. The summed E-state index contributed by atoms with van der Waals surface area (Å²) >= 11 is 5.68. The van der Waals surface area contributed by atoms with Crippen LogP contribution in [0.15, 0.2) is 29.2 Å². The average Bonchev–Trinajstić information content (AvgIpc) is 2.98. The third-order valence-corrected chi connectivity index (χ3v) is 3.41. The Morgan fingerprint density at radius 2 is 2.27 bits per heavy atom. The Morgan fingerprint density at radius 1 is 1.53 bits per heavy atom. The summed E-state index contributed by atoms with van der Waals surface area (Å²) in [5.41, 5.74) is 0. The van der Waals surface area contributed by atoms with Crippen molar-refractivity contribution in [2.75, 3.05) is 13.2 Å². The van der Waals surface area contributed by atoms with Crippen molar-refractivity contribution in [2.45, 2.75) is 11.0 Å². The summed E-state index contributed by atoms with van der Waals surface area (Å²) in [7, 11) is -3.70. The number of epoxide rings is 1. The van der Waals surface area contributed by atoms with Crippen LogP contribution in [-0.4, -0.2) is 27.7 Å². The van der Waals surface area contributed by atoms with Crippen LogP contribution in [0.3, 0.4) is 0 Å². The van der Waals surface area contributed by atoms with Gasteiger partial charge in [0.2, 0.25) is 0 Å². The van der Waals surface area contributed by atoms with Gasteiger partial charge in [-0.3, -0.25) is 4.18 Å². The summed E-state index contributed by atoms with van der Waals surface area (Å²) in [5, 5.41) is 0.363. The first kappa shape index (κ1) is 10.9. The van der Waals surface area contributed by atoms with E-state index in [1.165, 1.54) is 12.1 Å². The zero-order chi connectivity index (χ0) is 10.9. The van der Waals surface area contributed by atoms with Crippen LogP contribution < -0.4 is 0 Å². The highest BCUT2D eigenvalue weighted by Crippen LogP contribution is 2.19. The highest BCUT2D eigenvalue weighted by molar-refractivity contribution is 7.86. The van der Waals surface area contributed by atoms with E-state index in [1.54, 1.807) is 12.1 Å². The van der Waals surface area contributed by atoms with Crippen LogP contribution in [0.25, 0.3) is 0 Å². The van der Waals surface area contributed by atoms with E-state index in [-0.39, 0.29) is 17.6 Å². The van der Waals surface area contributed by atoms with E-state index < -0.39 is 10.1 Å². The summed E-state index contributed by atoms with van der Waals surface area (Å²) in [4.78, 5) is 0.0654. The lowest BCUT2D eigenvalue weighted by Crippen LogP contribution is -2.10. The first-order valence-corrected chi connectivity index (χ1v) is 6.13. The Hall–Kier alpha value is -0.620. The number of ether oxygens (including phenoxy) is 1. The van der Waals surface area contributed by atoms with E-state index in [9.17, 15) is 8.42 Å². The molecule has 2 rings (SSSR count). The zero-order valence-electron chi connectivity index (χ0n) is 7.72. The molecule has 82 valence electrons. The molecule has 1 aliphatic rings. The van der Waals surface area contributed by atoms with Crippen molar-refractivity contribution in [3.8, 4) is 0 Å². The van der Waals surface area contributed by atoms with E-state index in [4.69, 9.17) is 20.5 Å². The third kappa shape index (κ3) is 2.92. The van der Waals surface area contributed by atoms with Gasteiger partial charge in [0.15, 0.2) is 0 Å². The molecule has 1 aromatic rings. The Morgan fingerprint density at radius 3 is 2.87 bits per heavy atom. The van der Waals surface area contributed by atoms with Crippen LogP contribution in [0.4, 0.5) is 0 Å². The van der Waals surface area contributed by atoms with Crippen LogP contribution in [0, 0.1) is 0 Å². The van der Waals surface area contributed by atoms with E-state index in [2.05, 4.69) is 0 Å². The average molecular weight is 249 g/mol. The Labute approximate surface area is 92.9 Å².